The van der Waals surface area contributed by atoms with E-state index in [1.807, 2.05) is 0 Å². The van der Waals surface area contributed by atoms with E-state index in [9.17, 15) is 0 Å². The van der Waals surface area contributed by atoms with Crippen molar-refractivity contribution in [2.45, 2.75) is 19.3 Å². The molecular weight excluding hydrogens is 921 g/mol. The van der Waals surface area contributed by atoms with Crippen molar-refractivity contribution in [1.82, 2.24) is 19.5 Å². The highest BCUT2D eigenvalue weighted by Gasteiger charge is 2.36. The van der Waals surface area contributed by atoms with Crippen molar-refractivity contribution in [2.24, 2.45) is 0 Å². The molecule has 358 valence electrons. The van der Waals surface area contributed by atoms with E-state index in [2.05, 4.69) is 285 Å². The number of aromatic nitrogens is 4. The Bertz CT molecular complexity index is 4040. The molecule has 1 aliphatic carbocycles. The zero-order valence-corrected chi connectivity index (χ0v) is 42.2. The molecule has 14 rings (SSSR count). The fourth-order valence-corrected chi connectivity index (χ4v) is 11.6. The first kappa shape index (κ1) is 44.9. The molecule has 0 bridgehead atoms. The Morgan fingerprint density at radius 1 is 0.263 bits per heavy atom. The van der Waals surface area contributed by atoms with E-state index < -0.39 is 0 Å². The van der Waals surface area contributed by atoms with E-state index in [1.165, 1.54) is 44.5 Å². The van der Waals surface area contributed by atoms with Crippen LogP contribution in [0.5, 0.6) is 0 Å². The zero-order valence-electron chi connectivity index (χ0n) is 42.2. The first-order valence-electron chi connectivity index (χ1n) is 26.1. The lowest BCUT2D eigenvalue weighted by Gasteiger charge is -2.21. The Morgan fingerprint density at radius 3 is 1.13 bits per heavy atom. The molecule has 0 fully saturated rings. The summed E-state index contributed by atoms with van der Waals surface area (Å²) in [6.45, 7) is 4.68. The number of fused-ring (bicyclic) bond motifs is 6. The molecule has 0 N–H and O–H groups in total. The number of hydrogen-bond acceptors (Lipinski definition) is 3. The SMILES string of the molecule is CC1(C)c2ccccc2-c2cc3c4ccccc4n(-c4nc(-c5cccc(-c6cc(-c7ccccc7)cc(-c7ccccc7)c6)c5)nc(-c5cccc(-c6cc(-c7ccccc7)cc(-c7ccccc7)c6)c5)n4)c3cc21. The summed E-state index contributed by atoms with van der Waals surface area (Å²) in [5.41, 5.74) is 22.5. The Kier molecular flexibility index (Phi) is 10.8. The minimum absolute atomic E-state index is 0.200. The van der Waals surface area contributed by atoms with Crippen LogP contribution in [-0.4, -0.2) is 19.5 Å². The third-order valence-corrected chi connectivity index (χ3v) is 15.4. The van der Waals surface area contributed by atoms with Crippen LogP contribution in [0.15, 0.2) is 267 Å². The summed E-state index contributed by atoms with van der Waals surface area (Å²) in [4.78, 5) is 16.5. The molecule has 4 heteroatoms. The molecule has 0 radical (unpaired) electrons. The Labute approximate surface area is 443 Å². The normalized spacial score (nSPS) is 12.4. The van der Waals surface area contributed by atoms with Crippen molar-refractivity contribution >= 4 is 21.8 Å². The lowest BCUT2D eigenvalue weighted by molar-refractivity contribution is 0.661. The molecule has 4 nitrogen and oxygen atoms in total. The lowest BCUT2D eigenvalue weighted by Crippen LogP contribution is -2.15. The van der Waals surface area contributed by atoms with Crippen LogP contribution in [-0.2, 0) is 5.41 Å². The average Bonchev–Trinajstić information content (AvgIpc) is 3.96. The van der Waals surface area contributed by atoms with Crippen LogP contribution in [0.25, 0.3) is 128 Å². The zero-order chi connectivity index (χ0) is 50.7. The summed E-state index contributed by atoms with van der Waals surface area (Å²) in [5, 5.41) is 2.31. The summed E-state index contributed by atoms with van der Waals surface area (Å²) in [6.07, 6.45) is 0. The third kappa shape index (κ3) is 7.91. The van der Waals surface area contributed by atoms with Crippen LogP contribution in [0.4, 0.5) is 0 Å². The summed E-state index contributed by atoms with van der Waals surface area (Å²) < 4.78 is 2.26. The van der Waals surface area contributed by atoms with E-state index in [1.54, 1.807) is 0 Å². The smallest absolute Gasteiger partial charge is 0.238 e. The number of benzene rings is 11. The Balaban J connectivity index is 0.974. The molecule has 0 saturated carbocycles. The van der Waals surface area contributed by atoms with E-state index in [4.69, 9.17) is 15.0 Å². The van der Waals surface area contributed by atoms with Gasteiger partial charge in [-0.15, -0.1) is 0 Å². The van der Waals surface area contributed by atoms with Gasteiger partial charge >= 0.3 is 0 Å². The van der Waals surface area contributed by atoms with Gasteiger partial charge < -0.3 is 0 Å². The number of rotatable bonds is 9. The quantitative estimate of drug-likeness (QED) is 0.145. The molecule has 0 spiro atoms. The van der Waals surface area contributed by atoms with Crippen LogP contribution in [0.1, 0.15) is 25.0 Å². The first-order chi connectivity index (χ1) is 37.4. The largest absolute Gasteiger partial charge is 0.278 e. The van der Waals surface area contributed by atoms with Gasteiger partial charge in [-0.25, -0.2) is 4.98 Å². The maximum Gasteiger partial charge on any atom is 0.238 e. The molecule has 0 unspecified atom stereocenters. The molecule has 2 aromatic heterocycles. The standard InChI is InChI=1S/C72H50N4/c1-72(2)65-35-17-15-33-61(65)63-45-64-62-34-16-18-36-67(62)76(68(64)46-66(63)72)71-74-69(53-31-19-29-51(37-53)59-41-55(47-21-7-3-8-22-47)39-56(42-59)48-23-9-4-10-24-48)73-70(75-71)54-32-20-30-52(38-54)60-43-57(49-25-11-5-12-26-49)40-58(44-60)50-27-13-6-14-28-50/h3-46H,1-2H3. The van der Waals surface area contributed by atoms with Gasteiger partial charge in [0.1, 0.15) is 0 Å². The predicted molar refractivity (Wildman–Crippen MR) is 315 cm³/mol. The van der Waals surface area contributed by atoms with Crippen molar-refractivity contribution in [1.29, 1.82) is 0 Å². The number of hydrogen-bond donors (Lipinski definition) is 0. The van der Waals surface area contributed by atoms with Crippen molar-refractivity contribution in [2.75, 3.05) is 0 Å². The monoisotopic (exact) mass is 970 g/mol. The highest BCUT2D eigenvalue weighted by Crippen LogP contribution is 2.51. The van der Waals surface area contributed by atoms with E-state index in [0.29, 0.717) is 17.6 Å². The molecule has 11 aromatic carbocycles. The highest BCUT2D eigenvalue weighted by atomic mass is 15.2. The second-order valence-electron chi connectivity index (χ2n) is 20.4. The molecule has 0 atom stereocenters. The molecule has 0 aliphatic heterocycles. The molecule has 13 aromatic rings. The predicted octanol–water partition coefficient (Wildman–Crippen LogP) is 18.6. The Hall–Kier alpha value is -9.77. The van der Waals surface area contributed by atoms with Crippen LogP contribution < -0.4 is 0 Å². The molecule has 2 heterocycles. The topological polar surface area (TPSA) is 43.6 Å². The maximum atomic E-state index is 5.52. The summed E-state index contributed by atoms with van der Waals surface area (Å²) >= 11 is 0. The van der Waals surface area contributed by atoms with Gasteiger partial charge in [-0.3, -0.25) is 4.57 Å². The second-order valence-corrected chi connectivity index (χ2v) is 20.4. The third-order valence-electron chi connectivity index (χ3n) is 15.4. The highest BCUT2D eigenvalue weighted by molar-refractivity contribution is 6.11. The number of para-hydroxylation sites is 1. The molecule has 1 aliphatic rings. The molecule has 0 saturated heterocycles. The fourth-order valence-electron chi connectivity index (χ4n) is 11.6. The van der Waals surface area contributed by atoms with E-state index >= 15 is 0 Å². The van der Waals surface area contributed by atoms with Crippen molar-refractivity contribution in [3.8, 4) is 107 Å². The van der Waals surface area contributed by atoms with Crippen molar-refractivity contribution in [3.63, 3.8) is 0 Å². The first-order valence-corrected chi connectivity index (χ1v) is 26.1. The van der Waals surface area contributed by atoms with Crippen LogP contribution in [0.3, 0.4) is 0 Å². The van der Waals surface area contributed by atoms with Crippen LogP contribution in [0, 0.1) is 0 Å². The molecule has 0 amide bonds. The van der Waals surface area contributed by atoms with Gasteiger partial charge in [0.25, 0.3) is 0 Å². The summed E-state index contributed by atoms with van der Waals surface area (Å²) in [7, 11) is 0. The van der Waals surface area contributed by atoms with Gasteiger partial charge in [0.05, 0.1) is 11.0 Å². The minimum atomic E-state index is -0.200. The lowest BCUT2D eigenvalue weighted by atomic mass is 9.82. The van der Waals surface area contributed by atoms with E-state index in [-0.39, 0.29) is 5.41 Å². The van der Waals surface area contributed by atoms with Crippen LogP contribution >= 0.6 is 0 Å². The minimum Gasteiger partial charge on any atom is -0.278 e. The molecular formula is C72H50N4. The van der Waals surface area contributed by atoms with Crippen LogP contribution in [0.2, 0.25) is 0 Å². The van der Waals surface area contributed by atoms with Gasteiger partial charge in [0.2, 0.25) is 5.95 Å². The van der Waals surface area contributed by atoms with Crippen molar-refractivity contribution in [3.05, 3.63) is 278 Å². The number of nitrogens with zero attached hydrogens (tertiary/aromatic N) is 4. The summed E-state index contributed by atoms with van der Waals surface area (Å²) in [5.74, 6) is 1.74. The van der Waals surface area contributed by atoms with Gasteiger partial charge in [0, 0.05) is 27.3 Å². The van der Waals surface area contributed by atoms with Gasteiger partial charge in [-0.2, -0.15) is 9.97 Å². The summed E-state index contributed by atoms with van der Waals surface area (Å²) in [6, 6.07) is 95.9. The van der Waals surface area contributed by atoms with Gasteiger partial charge in [-0.05, 0) is 156 Å². The average molecular weight is 971 g/mol. The second kappa shape index (κ2) is 18.3. The Morgan fingerprint density at radius 2 is 0.645 bits per heavy atom. The maximum absolute atomic E-state index is 5.52. The fraction of sp³-hybridized carbons (Fsp3) is 0.0417. The van der Waals surface area contributed by atoms with Gasteiger partial charge in [-0.1, -0.05) is 214 Å². The van der Waals surface area contributed by atoms with Gasteiger partial charge in [0.15, 0.2) is 11.6 Å². The molecule has 76 heavy (non-hydrogen) atoms. The van der Waals surface area contributed by atoms with E-state index in [0.717, 1.165) is 77.4 Å². The van der Waals surface area contributed by atoms with Crippen molar-refractivity contribution < 1.29 is 0 Å².